The van der Waals surface area contributed by atoms with Gasteiger partial charge in [0.25, 0.3) is 0 Å². The van der Waals surface area contributed by atoms with E-state index in [-0.39, 0.29) is 18.3 Å². The summed E-state index contributed by atoms with van der Waals surface area (Å²) in [6.07, 6.45) is 0.680. The summed E-state index contributed by atoms with van der Waals surface area (Å²) in [4.78, 5) is 22.8. The van der Waals surface area contributed by atoms with Crippen molar-refractivity contribution in [2.75, 3.05) is 12.8 Å². The number of benzene rings is 1. The summed E-state index contributed by atoms with van der Waals surface area (Å²) in [6, 6.07) is 5.91. The van der Waals surface area contributed by atoms with Gasteiger partial charge in [0.15, 0.2) is 6.29 Å². The minimum Gasteiger partial charge on any atom is -0.383 e. The molecule has 0 unspecified atom stereocenters. The van der Waals surface area contributed by atoms with Crippen molar-refractivity contribution in [2.24, 2.45) is 0 Å². The summed E-state index contributed by atoms with van der Waals surface area (Å²) >= 11 is 0. The van der Waals surface area contributed by atoms with E-state index in [0.29, 0.717) is 17.5 Å². The molecule has 2 rings (SSSR count). The number of nitrogens with one attached hydrogen (secondary N) is 1. The first-order valence-corrected chi connectivity index (χ1v) is 6.57. The number of aldehydes is 1. The molecular formula is C15H18N4O2. The van der Waals surface area contributed by atoms with Crippen LogP contribution in [0.25, 0.3) is 11.3 Å². The lowest BCUT2D eigenvalue weighted by Crippen LogP contribution is -2.24. The molecular weight excluding hydrogens is 268 g/mol. The van der Waals surface area contributed by atoms with Crippen molar-refractivity contribution >= 4 is 18.0 Å². The van der Waals surface area contributed by atoms with Gasteiger partial charge in [-0.2, -0.15) is 5.10 Å². The van der Waals surface area contributed by atoms with E-state index in [2.05, 4.69) is 10.4 Å². The molecule has 0 aliphatic carbocycles. The summed E-state index contributed by atoms with van der Waals surface area (Å²) in [6.45, 7) is 3.89. The Hall–Kier alpha value is -2.63. The van der Waals surface area contributed by atoms with Crippen LogP contribution in [0.1, 0.15) is 21.5 Å². The molecule has 1 heterocycles. The van der Waals surface area contributed by atoms with Crippen molar-refractivity contribution in [1.82, 2.24) is 15.1 Å². The molecule has 110 valence electrons. The molecule has 0 aliphatic heterocycles. The molecule has 0 radical (unpaired) electrons. The monoisotopic (exact) mass is 286 g/mol. The second-order valence-corrected chi connectivity index (χ2v) is 4.91. The van der Waals surface area contributed by atoms with E-state index >= 15 is 0 Å². The maximum atomic E-state index is 11.5. The van der Waals surface area contributed by atoms with Crippen LogP contribution in [-0.4, -0.2) is 29.0 Å². The van der Waals surface area contributed by atoms with Crippen LogP contribution >= 0.6 is 0 Å². The zero-order valence-corrected chi connectivity index (χ0v) is 12.3. The summed E-state index contributed by atoms with van der Waals surface area (Å²) in [5.74, 6) is -0.0290. The van der Waals surface area contributed by atoms with Crippen molar-refractivity contribution in [1.29, 1.82) is 0 Å². The number of anilines is 1. The number of nitrogens with two attached hydrogens (primary N) is 1. The number of aryl methyl sites for hydroxylation is 2. The zero-order valence-electron chi connectivity index (χ0n) is 12.3. The third-order valence-electron chi connectivity index (χ3n) is 3.37. The van der Waals surface area contributed by atoms with Crippen LogP contribution in [0, 0.1) is 13.8 Å². The third-order valence-corrected chi connectivity index (χ3v) is 3.37. The van der Waals surface area contributed by atoms with Crippen LogP contribution in [0.2, 0.25) is 0 Å². The number of carbonyl (C=O) groups excluding carboxylic acids is 2. The van der Waals surface area contributed by atoms with Crippen LogP contribution in [0.5, 0.6) is 0 Å². The van der Waals surface area contributed by atoms with Gasteiger partial charge in [-0.05, 0) is 25.5 Å². The molecule has 6 nitrogen and oxygen atoms in total. The first-order valence-electron chi connectivity index (χ1n) is 6.57. The summed E-state index contributed by atoms with van der Waals surface area (Å²) in [5.41, 5.74) is 9.65. The Bertz CT molecular complexity index is 704. The molecule has 3 N–H and O–H groups in total. The van der Waals surface area contributed by atoms with E-state index in [4.69, 9.17) is 5.73 Å². The molecule has 1 aromatic heterocycles. The van der Waals surface area contributed by atoms with Crippen molar-refractivity contribution < 1.29 is 9.59 Å². The first-order chi connectivity index (χ1) is 9.97. The smallest absolute Gasteiger partial charge is 0.241 e. The Balaban J connectivity index is 2.58. The quantitative estimate of drug-likeness (QED) is 0.829. The Morgan fingerprint density at radius 2 is 2.14 bits per heavy atom. The molecule has 0 saturated heterocycles. The van der Waals surface area contributed by atoms with Crippen molar-refractivity contribution in [2.45, 2.75) is 20.4 Å². The number of likely N-dealkylation sites (N-methyl/N-ethyl adjacent to an activating group) is 1. The van der Waals surface area contributed by atoms with Crippen LogP contribution < -0.4 is 11.1 Å². The topological polar surface area (TPSA) is 90.0 Å². The van der Waals surface area contributed by atoms with Gasteiger partial charge in [-0.3, -0.25) is 9.59 Å². The number of carbonyl (C=O) groups is 2. The molecule has 6 heteroatoms. The molecule has 0 saturated carbocycles. The van der Waals surface area contributed by atoms with Gasteiger partial charge in [-0.15, -0.1) is 0 Å². The highest BCUT2D eigenvalue weighted by atomic mass is 16.2. The van der Waals surface area contributed by atoms with Crippen LogP contribution in [0.3, 0.4) is 0 Å². The highest BCUT2D eigenvalue weighted by Gasteiger charge is 2.19. The van der Waals surface area contributed by atoms with E-state index in [1.54, 1.807) is 0 Å². The van der Waals surface area contributed by atoms with Crippen molar-refractivity contribution in [3.8, 4) is 11.3 Å². The minimum absolute atomic E-state index is 0.0198. The second-order valence-electron chi connectivity index (χ2n) is 4.91. The molecule has 0 spiro atoms. The largest absolute Gasteiger partial charge is 0.383 e. The molecule has 0 bridgehead atoms. The predicted octanol–water partition coefficient (Wildman–Crippen LogP) is 1.31. The number of nitrogen functional groups attached to an aromatic ring is 1. The molecule has 1 aromatic carbocycles. The van der Waals surface area contributed by atoms with E-state index in [1.165, 1.54) is 11.7 Å². The van der Waals surface area contributed by atoms with Gasteiger partial charge >= 0.3 is 0 Å². The van der Waals surface area contributed by atoms with E-state index in [1.807, 2.05) is 32.0 Å². The molecule has 21 heavy (non-hydrogen) atoms. The number of rotatable bonds is 4. The average Bonchev–Trinajstić information content (AvgIpc) is 2.77. The fourth-order valence-electron chi connectivity index (χ4n) is 2.13. The van der Waals surface area contributed by atoms with E-state index in [9.17, 15) is 9.59 Å². The fourth-order valence-corrected chi connectivity index (χ4v) is 2.13. The van der Waals surface area contributed by atoms with Gasteiger partial charge in [0, 0.05) is 12.6 Å². The average molecular weight is 286 g/mol. The van der Waals surface area contributed by atoms with Crippen LogP contribution in [-0.2, 0) is 11.3 Å². The minimum atomic E-state index is -0.228. The Morgan fingerprint density at radius 1 is 1.43 bits per heavy atom. The normalized spacial score (nSPS) is 10.4. The van der Waals surface area contributed by atoms with Gasteiger partial charge < -0.3 is 11.1 Å². The van der Waals surface area contributed by atoms with Gasteiger partial charge in [-0.1, -0.05) is 17.7 Å². The number of hydrogen-bond acceptors (Lipinski definition) is 4. The SMILES string of the molecule is CNC(=O)Cn1nc(-c2cc(C)ccc2C)c(C=O)c1N. The highest BCUT2D eigenvalue weighted by Crippen LogP contribution is 2.29. The van der Waals surface area contributed by atoms with Crippen LogP contribution in [0.15, 0.2) is 18.2 Å². The number of hydrogen-bond donors (Lipinski definition) is 2. The number of amides is 1. The van der Waals surface area contributed by atoms with Gasteiger partial charge in [0.05, 0.1) is 5.56 Å². The Labute approximate surface area is 122 Å². The highest BCUT2D eigenvalue weighted by molar-refractivity contribution is 5.92. The first kappa shape index (κ1) is 14.8. The van der Waals surface area contributed by atoms with Crippen molar-refractivity contribution in [3.05, 3.63) is 34.9 Å². The predicted molar refractivity (Wildman–Crippen MR) is 81.0 cm³/mol. The molecule has 2 aromatic rings. The van der Waals surface area contributed by atoms with Gasteiger partial charge in [-0.25, -0.2) is 4.68 Å². The van der Waals surface area contributed by atoms with Crippen molar-refractivity contribution in [3.63, 3.8) is 0 Å². The molecule has 0 fully saturated rings. The Kier molecular flexibility index (Phi) is 4.07. The van der Waals surface area contributed by atoms with E-state index in [0.717, 1.165) is 16.7 Å². The maximum Gasteiger partial charge on any atom is 0.241 e. The number of nitrogens with zero attached hydrogens (tertiary/aromatic N) is 2. The molecule has 1 amide bonds. The number of aromatic nitrogens is 2. The third kappa shape index (κ3) is 2.79. The fraction of sp³-hybridized carbons (Fsp3) is 0.267. The summed E-state index contributed by atoms with van der Waals surface area (Å²) in [7, 11) is 1.54. The lowest BCUT2D eigenvalue weighted by molar-refractivity contribution is -0.121. The molecule has 0 aliphatic rings. The second kappa shape index (κ2) is 5.78. The van der Waals surface area contributed by atoms with Crippen LogP contribution in [0.4, 0.5) is 5.82 Å². The Morgan fingerprint density at radius 3 is 2.76 bits per heavy atom. The van der Waals surface area contributed by atoms with Gasteiger partial charge in [0.1, 0.15) is 18.1 Å². The van der Waals surface area contributed by atoms with Gasteiger partial charge in [0.2, 0.25) is 5.91 Å². The lowest BCUT2D eigenvalue weighted by atomic mass is 10.0. The maximum absolute atomic E-state index is 11.5. The zero-order chi connectivity index (χ0) is 15.6. The molecule has 0 atom stereocenters. The van der Waals surface area contributed by atoms with E-state index < -0.39 is 0 Å². The summed E-state index contributed by atoms with van der Waals surface area (Å²) in [5, 5.41) is 6.84. The standard InChI is InChI=1S/C15H18N4O2/c1-9-4-5-10(2)11(6-9)14-12(8-20)15(16)19(18-14)7-13(21)17-3/h4-6,8H,7,16H2,1-3H3,(H,17,21). The summed E-state index contributed by atoms with van der Waals surface area (Å²) < 4.78 is 1.35. The lowest BCUT2D eigenvalue weighted by Gasteiger charge is -2.05.